The Balaban J connectivity index is 2.06. The number of hydrogen-bond donors (Lipinski definition) is 3. The highest BCUT2D eigenvalue weighted by atomic mass is 16.5. The van der Waals surface area contributed by atoms with E-state index in [0.717, 1.165) is 11.1 Å². The normalized spacial score (nSPS) is 13.1. The van der Waals surface area contributed by atoms with Crippen LogP contribution in [0, 0.1) is 0 Å². The minimum atomic E-state index is -0.918. The molecule has 0 heterocycles. The Hall–Kier alpha value is -3.68. The number of hydrogen-bond acceptors (Lipinski definition) is 5. The predicted molar refractivity (Wildman–Crippen MR) is 129 cm³/mol. The molecule has 182 valence electrons. The maximum absolute atomic E-state index is 13.0. The number of Topliss-reactive ketones (excluding diaryl/α,β-unsaturated/α-hetero) is 1. The van der Waals surface area contributed by atoms with Gasteiger partial charge in [0.2, 0.25) is 11.8 Å². The predicted octanol–water partition coefficient (Wildman–Crippen LogP) is 2.90. The van der Waals surface area contributed by atoms with Crippen molar-refractivity contribution in [3.8, 4) is 0 Å². The van der Waals surface area contributed by atoms with E-state index < -0.39 is 36.0 Å². The Morgan fingerprint density at radius 3 is 1.91 bits per heavy atom. The monoisotopic (exact) mass is 467 g/mol. The lowest BCUT2D eigenvalue weighted by atomic mass is 10.0. The van der Waals surface area contributed by atoms with Gasteiger partial charge in [0.15, 0.2) is 5.78 Å². The molecule has 2 aromatic rings. The molecule has 0 saturated heterocycles. The first-order valence-electron chi connectivity index (χ1n) is 11.4. The van der Waals surface area contributed by atoms with Gasteiger partial charge in [-0.2, -0.15) is 0 Å². The van der Waals surface area contributed by atoms with E-state index in [2.05, 4.69) is 16.0 Å². The van der Waals surface area contributed by atoms with Gasteiger partial charge in [-0.15, -0.1) is 0 Å². The number of carbonyl (C=O) groups excluding carboxylic acids is 4. The second-order valence-corrected chi connectivity index (χ2v) is 8.14. The molecule has 0 radical (unpaired) electrons. The molecule has 8 nitrogen and oxygen atoms in total. The summed E-state index contributed by atoms with van der Waals surface area (Å²) in [6, 6.07) is 16.0. The van der Waals surface area contributed by atoms with E-state index in [1.807, 2.05) is 67.6 Å². The molecule has 3 N–H and O–H groups in total. The Morgan fingerprint density at radius 2 is 1.35 bits per heavy atom. The number of ketones is 1. The van der Waals surface area contributed by atoms with Crippen LogP contribution in [-0.2, 0) is 32.1 Å². The summed E-state index contributed by atoms with van der Waals surface area (Å²) in [5, 5.41) is 7.98. The molecular formula is C26H33N3O5. The molecule has 0 spiro atoms. The topological polar surface area (TPSA) is 114 Å². The Labute approximate surface area is 200 Å². The second kappa shape index (κ2) is 13.8. The van der Waals surface area contributed by atoms with Gasteiger partial charge in [0.25, 0.3) is 0 Å². The lowest BCUT2D eigenvalue weighted by molar-refractivity contribution is -0.131. The van der Waals surface area contributed by atoms with Crippen molar-refractivity contribution < 1.29 is 23.9 Å². The van der Waals surface area contributed by atoms with Gasteiger partial charge in [0.05, 0.1) is 6.04 Å². The van der Waals surface area contributed by atoms with Crippen molar-refractivity contribution in [3.63, 3.8) is 0 Å². The van der Waals surface area contributed by atoms with Crippen LogP contribution in [0.2, 0.25) is 0 Å². The van der Waals surface area contributed by atoms with Crippen LogP contribution in [-0.4, -0.2) is 41.8 Å². The third kappa shape index (κ3) is 9.05. The number of carbonyl (C=O) groups is 4. The average Bonchev–Trinajstić information content (AvgIpc) is 2.83. The molecule has 0 bridgehead atoms. The molecule has 3 atom stereocenters. The fraction of sp³-hybridized carbons (Fsp3) is 0.385. The van der Waals surface area contributed by atoms with Crippen LogP contribution in [0.1, 0.15) is 44.7 Å². The molecule has 3 amide bonds. The standard InChI is InChI=1S/C26H33N3O5/c1-4-11-22(29-26(33)34-17-21-14-9-6-10-15-21)24(31)28-23(16-20-12-7-5-8-13-20)25(32)27-18(2)19(3)30/h5-10,12-15,18,22-23H,4,11,16-17H2,1-3H3,(H,27,32)(H,28,31)(H,29,33). The Morgan fingerprint density at radius 1 is 0.794 bits per heavy atom. The van der Waals surface area contributed by atoms with Crippen LogP contribution in [0.5, 0.6) is 0 Å². The molecule has 0 saturated carbocycles. The minimum Gasteiger partial charge on any atom is -0.445 e. The quantitative estimate of drug-likeness (QED) is 0.444. The smallest absolute Gasteiger partial charge is 0.408 e. The summed E-state index contributed by atoms with van der Waals surface area (Å²) in [5.74, 6) is -1.16. The van der Waals surface area contributed by atoms with Crippen LogP contribution < -0.4 is 16.0 Å². The maximum Gasteiger partial charge on any atom is 0.408 e. The van der Waals surface area contributed by atoms with Gasteiger partial charge in [0.1, 0.15) is 18.7 Å². The van der Waals surface area contributed by atoms with Gasteiger partial charge >= 0.3 is 6.09 Å². The highest BCUT2D eigenvalue weighted by Crippen LogP contribution is 2.07. The highest BCUT2D eigenvalue weighted by molar-refractivity contribution is 5.93. The first-order chi connectivity index (χ1) is 16.3. The van der Waals surface area contributed by atoms with Crippen molar-refractivity contribution in [2.75, 3.05) is 0 Å². The number of benzene rings is 2. The van der Waals surface area contributed by atoms with Gasteiger partial charge in [-0.1, -0.05) is 74.0 Å². The first-order valence-corrected chi connectivity index (χ1v) is 11.4. The summed E-state index contributed by atoms with van der Waals surface area (Å²) >= 11 is 0. The third-order valence-corrected chi connectivity index (χ3v) is 5.28. The van der Waals surface area contributed by atoms with Gasteiger partial charge in [-0.05, 0) is 31.4 Å². The zero-order valence-corrected chi connectivity index (χ0v) is 19.9. The molecule has 2 rings (SSSR count). The summed E-state index contributed by atoms with van der Waals surface area (Å²) in [6.07, 6.45) is 0.524. The Kier molecular flexibility index (Phi) is 10.8. The fourth-order valence-corrected chi connectivity index (χ4v) is 3.21. The number of alkyl carbamates (subject to hydrolysis) is 1. The van der Waals surface area contributed by atoms with E-state index in [4.69, 9.17) is 4.74 Å². The molecule has 0 aliphatic heterocycles. The zero-order chi connectivity index (χ0) is 24.9. The molecule has 0 aliphatic rings. The van der Waals surface area contributed by atoms with Crippen molar-refractivity contribution in [2.45, 2.75) is 64.8 Å². The molecule has 0 aliphatic carbocycles. The third-order valence-electron chi connectivity index (χ3n) is 5.28. The van der Waals surface area contributed by atoms with Crippen LogP contribution in [0.25, 0.3) is 0 Å². The van der Waals surface area contributed by atoms with Crippen molar-refractivity contribution in [2.24, 2.45) is 0 Å². The summed E-state index contributed by atoms with van der Waals surface area (Å²) in [6.45, 7) is 4.94. The largest absolute Gasteiger partial charge is 0.445 e. The molecule has 2 aromatic carbocycles. The van der Waals surface area contributed by atoms with Gasteiger partial charge in [0, 0.05) is 6.42 Å². The lowest BCUT2D eigenvalue weighted by Gasteiger charge is -2.24. The van der Waals surface area contributed by atoms with Crippen LogP contribution in [0.4, 0.5) is 4.79 Å². The van der Waals surface area contributed by atoms with E-state index in [9.17, 15) is 19.2 Å². The van der Waals surface area contributed by atoms with Gasteiger partial charge < -0.3 is 20.7 Å². The van der Waals surface area contributed by atoms with E-state index in [1.54, 1.807) is 6.92 Å². The minimum absolute atomic E-state index is 0.0785. The number of ether oxygens (including phenoxy) is 1. The highest BCUT2D eigenvalue weighted by Gasteiger charge is 2.28. The maximum atomic E-state index is 13.0. The van der Waals surface area contributed by atoms with E-state index in [-0.39, 0.29) is 18.8 Å². The summed E-state index contributed by atoms with van der Waals surface area (Å²) in [5.41, 5.74) is 1.68. The number of rotatable bonds is 12. The van der Waals surface area contributed by atoms with E-state index in [0.29, 0.717) is 12.8 Å². The van der Waals surface area contributed by atoms with E-state index in [1.165, 1.54) is 6.92 Å². The van der Waals surface area contributed by atoms with Crippen LogP contribution in [0.15, 0.2) is 60.7 Å². The molecule has 34 heavy (non-hydrogen) atoms. The molecular weight excluding hydrogens is 434 g/mol. The average molecular weight is 468 g/mol. The molecule has 0 fully saturated rings. The number of amides is 3. The molecule has 8 heteroatoms. The second-order valence-electron chi connectivity index (χ2n) is 8.14. The summed E-state index contributed by atoms with van der Waals surface area (Å²) < 4.78 is 5.24. The van der Waals surface area contributed by atoms with E-state index >= 15 is 0 Å². The first kappa shape index (κ1) is 26.6. The van der Waals surface area contributed by atoms with Crippen LogP contribution in [0.3, 0.4) is 0 Å². The van der Waals surface area contributed by atoms with Gasteiger partial charge in [-0.3, -0.25) is 14.4 Å². The summed E-state index contributed by atoms with van der Waals surface area (Å²) in [4.78, 5) is 49.8. The van der Waals surface area contributed by atoms with Crippen LogP contribution >= 0.6 is 0 Å². The van der Waals surface area contributed by atoms with Crippen molar-refractivity contribution in [1.82, 2.24) is 16.0 Å². The fourth-order valence-electron chi connectivity index (χ4n) is 3.21. The summed E-state index contributed by atoms with van der Waals surface area (Å²) in [7, 11) is 0. The SMILES string of the molecule is CCCC(NC(=O)OCc1ccccc1)C(=O)NC(Cc1ccccc1)C(=O)NC(C)C(C)=O. The molecule has 3 unspecified atom stereocenters. The van der Waals surface area contributed by atoms with Crippen molar-refractivity contribution >= 4 is 23.7 Å². The Bertz CT molecular complexity index is 949. The zero-order valence-electron chi connectivity index (χ0n) is 19.9. The lowest BCUT2D eigenvalue weighted by Crippen LogP contribution is -2.56. The van der Waals surface area contributed by atoms with Crippen molar-refractivity contribution in [3.05, 3.63) is 71.8 Å². The van der Waals surface area contributed by atoms with Crippen molar-refractivity contribution in [1.29, 1.82) is 0 Å². The molecule has 0 aromatic heterocycles. The van der Waals surface area contributed by atoms with Gasteiger partial charge in [-0.25, -0.2) is 4.79 Å². The number of nitrogens with one attached hydrogen (secondary N) is 3.